The fourth-order valence-corrected chi connectivity index (χ4v) is 4.19. The van der Waals surface area contributed by atoms with Gasteiger partial charge < -0.3 is 10.1 Å². The minimum absolute atomic E-state index is 0.151. The Morgan fingerprint density at radius 2 is 1.81 bits per heavy atom. The van der Waals surface area contributed by atoms with Crippen LogP contribution in [0.4, 0.5) is 5.69 Å². The van der Waals surface area contributed by atoms with Gasteiger partial charge in [-0.1, -0.05) is 33.8 Å². The minimum Gasteiger partial charge on any atom is -0.456 e. The lowest BCUT2D eigenvalue weighted by Gasteiger charge is -2.20. The average molecular weight is 399 g/mol. The molecule has 1 rings (SSSR count). The number of rotatable bonds is 10. The van der Waals surface area contributed by atoms with E-state index < -0.39 is 28.5 Å². The average Bonchev–Trinajstić information content (AvgIpc) is 2.60. The van der Waals surface area contributed by atoms with Crippen molar-refractivity contribution in [3.8, 4) is 0 Å². The highest BCUT2D eigenvalue weighted by atomic mass is 32.2. The summed E-state index contributed by atoms with van der Waals surface area (Å²) in [5.41, 5.74) is 0.939. The Hall–Kier alpha value is -1.93. The molecule has 7 nitrogen and oxygen atoms in total. The highest BCUT2D eigenvalue weighted by molar-refractivity contribution is 7.89. The van der Waals surface area contributed by atoms with Crippen molar-refractivity contribution in [3.05, 3.63) is 23.8 Å². The second-order valence-electron chi connectivity index (χ2n) is 6.71. The molecule has 0 spiro atoms. The summed E-state index contributed by atoms with van der Waals surface area (Å²) in [5.74, 6) is -0.555. The van der Waals surface area contributed by atoms with Crippen LogP contribution < -0.4 is 5.32 Å². The summed E-state index contributed by atoms with van der Waals surface area (Å²) in [4.78, 5) is 23.7. The lowest BCUT2D eigenvalue weighted by molar-refractivity contribution is -0.147. The van der Waals surface area contributed by atoms with Crippen molar-refractivity contribution in [2.45, 2.75) is 52.4 Å². The molecule has 0 aliphatic carbocycles. The lowest BCUT2D eigenvalue weighted by atomic mass is 10.1. The number of benzene rings is 1. The Balaban J connectivity index is 2.80. The number of ether oxygens (including phenoxy) is 1. The van der Waals surface area contributed by atoms with Crippen LogP contribution in [0.3, 0.4) is 0 Å². The number of amides is 1. The molecule has 0 aromatic heterocycles. The number of hydrogen-bond acceptors (Lipinski definition) is 5. The lowest BCUT2D eigenvalue weighted by Crippen LogP contribution is -2.31. The molecule has 0 saturated heterocycles. The van der Waals surface area contributed by atoms with Gasteiger partial charge in [-0.05, 0) is 37.0 Å². The van der Waals surface area contributed by atoms with Crippen LogP contribution in [0.15, 0.2) is 23.1 Å². The van der Waals surface area contributed by atoms with Crippen LogP contribution in [0.2, 0.25) is 0 Å². The van der Waals surface area contributed by atoms with Gasteiger partial charge in [-0.3, -0.25) is 9.59 Å². The first-order valence-corrected chi connectivity index (χ1v) is 10.6. The Labute approximate surface area is 162 Å². The Bertz CT molecular complexity index is 755. The topological polar surface area (TPSA) is 92.8 Å². The number of carbonyl (C=O) groups excluding carboxylic acids is 2. The molecule has 1 aromatic carbocycles. The van der Waals surface area contributed by atoms with E-state index in [1.807, 2.05) is 13.8 Å². The molecule has 0 aliphatic rings. The smallest absolute Gasteiger partial charge is 0.306 e. The number of aryl methyl sites for hydroxylation is 1. The summed E-state index contributed by atoms with van der Waals surface area (Å²) in [6.07, 6.45) is 0.965. The maximum absolute atomic E-state index is 12.7. The van der Waals surface area contributed by atoms with Crippen molar-refractivity contribution in [1.29, 1.82) is 0 Å². The van der Waals surface area contributed by atoms with Crippen LogP contribution in [0.5, 0.6) is 0 Å². The number of esters is 1. The van der Waals surface area contributed by atoms with Crippen LogP contribution in [0.1, 0.15) is 46.1 Å². The molecule has 1 N–H and O–H groups in total. The molecule has 1 aromatic rings. The largest absolute Gasteiger partial charge is 0.456 e. The van der Waals surface area contributed by atoms with Crippen molar-refractivity contribution >= 4 is 27.6 Å². The van der Waals surface area contributed by atoms with Gasteiger partial charge in [0.05, 0.1) is 4.90 Å². The third-order valence-electron chi connectivity index (χ3n) is 4.09. The van der Waals surface area contributed by atoms with E-state index in [0.717, 1.165) is 0 Å². The predicted molar refractivity (Wildman–Crippen MR) is 105 cm³/mol. The van der Waals surface area contributed by atoms with Gasteiger partial charge in [0.15, 0.2) is 6.61 Å². The maximum atomic E-state index is 12.7. The number of sulfonamides is 1. The van der Waals surface area contributed by atoms with E-state index in [2.05, 4.69) is 5.32 Å². The monoisotopic (exact) mass is 398 g/mol. The molecule has 0 radical (unpaired) electrons. The molecule has 0 heterocycles. The first-order valence-electron chi connectivity index (χ1n) is 9.18. The molecule has 0 fully saturated rings. The molecular formula is C19H30N2O5S. The summed E-state index contributed by atoms with van der Waals surface area (Å²) in [5, 5.41) is 2.58. The van der Waals surface area contributed by atoms with E-state index in [4.69, 9.17) is 4.74 Å². The van der Waals surface area contributed by atoms with Gasteiger partial charge in [0.25, 0.3) is 5.91 Å². The van der Waals surface area contributed by atoms with Crippen molar-refractivity contribution in [3.63, 3.8) is 0 Å². The van der Waals surface area contributed by atoms with Gasteiger partial charge in [-0.25, -0.2) is 8.42 Å². The number of nitrogens with one attached hydrogen (secondary N) is 1. The highest BCUT2D eigenvalue weighted by Gasteiger charge is 2.24. The first-order chi connectivity index (χ1) is 12.6. The Morgan fingerprint density at radius 1 is 1.19 bits per heavy atom. The molecule has 8 heteroatoms. The molecular weight excluding hydrogens is 368 g/mol. The summed E-state index contributed by atoms with van der Waals surface area (Å²) in [6.45, 7) is 9.58. The molecule has 0 unspecified atom stereocenters. The summed E-state index contributed by atoms with van der Waals surface area (Å²) < 4.78 is 31.8. The van der Waals surface area contributed by atoms with Crippen molar-refractivity contribution in [2.75, 3.05) is 25.0 Å². The molecule has 0 atom stereocenters. The molecule has 0 aliphatic heterocycles. The number of anilines is 1. The van der Waals surface area contributed by atoms with E-state index in [1.165, 1.54) is 10.4 Å². The van der Waals surface area contributed by atoms with Gasteiger partial charge >= 0.3 is 5.97 Å². The Kier molecular flexibility index (Phi) is 8.92. The molecule has 27 heavy (non-hydrogen) atoms. The van der Waals surface area contributed by atoms with Gasteiger partial charge in [0, 0.05) is 25.2 Å². The van der Waals surface area contributed by atoms with Crippen molar-refractivity contribution in [2.24, 2.45) is 5.92 Å². The number of nitrogens with zero attached hydrogens (tertiary/aromatic N) is 1. The van der Waals surface area contributed by atoms with Gasteiger partial charge in [0.1, 0.15) is 0 Å². The SMILES string of the molecule is CCN(CC)S(=O)(=O)c1cc(NC(=O)COC(=O)CCC(C)C)ccc1C. The highest BCUT2D eigenvalue weighted by Crippen LogP contribution is 2.23. The van der Waals surface area contributed by atoms with Crippen molar-refractivity contribution < 1.29 is 22.7 Å². The van der Waals surface area contributed by atoms with Gasteiger partial charge in [-0.2, -0.15) is 4.31 Å². The van der Waals surface area contributed by atoms with Crippen LogP contribution in [0.25, 0.3) is 0 Å². The third-order valence-corrected chi connectivity index (χ3v) is 6.28. The van der Waals surface area contributed by atoms with Gasteiger partial charge in [-0.15, -0.1) is 0 Å². The number of hydrogen-bond donors (Lipinski definition) is 1. The van der Waals surface area contributed by atoms with Crippen LogP contribution >= 0.6 is 0 Å². The van der Waals surface area contributed by atoms with E-state index in [-0.39, 0.29) is 11.3 Å². The molecule has 1 amide bonds. The van der Waals surface area contributed by atoms with E-state index in [0.29, 0.717) is 36.7 Å². The zero-order valence-corrected chi connectivity index (χ0v) is 17.6. The second-order valence-corrected chi connectivity index (χ2v) is 8.62. The normalized spacial score (nSPS) is 11.7. The van der Waals surface area contributed by atoms with Crippen LogP contribution in [0, 0.1) is 12.8 Å². The van der Waals surface area contributed by atoms with Gasteiger partial charge in [0.2, 0.25) is 10.0 Å². The second kappa shape index (κ2) is 10.4. The maximum Gasteiger partial charge on any atom is 0.306 e. The van der Waals surface area contributed by atoms with E-state index >= 15 is 0 Å². The standard InChI is InChI=1S/C19H30N2O5S/c1-6-21(7-2)27(24,25)17-12-16(10-9-15(17)5)20-18(22)13-26-19(23)11-8-14(3)4/h9-10,12,14H,6-8,11,13H2,1-5H3,(H,20,22). The Morgan fingerprint density at radius 3 is 2.37 bits per heavy atom. The fourth-order valence-electron chi connectivity index (χ4n) is 2.48. The quantitative estimate of drug-likeness (QED) is 0.612. The van der Waals surface area contributed by atoms with Crippen LogP contribution in [-0.4, -0.2) is 44.3 Å². The van der Waals surface area contributed by atoms with E-state index in [9.17, 15) is 18.0 Å². The predicted octanol–water partition coefficient (Wildman–Crippen LogP) is 2.94. The summed E-state index contributed by atoms with van der Waals surface area (Å²) in [6, 6.07) is 4.69. The zero-order chi connectivity index (χ0) is 20.6. The van der Waals surface area contributed by atoms with Crippen molar-refractivity contribution in [1.82, 2.24) is 4.31 Å². The summed E-state index contributed by atoms with van der Waals surface area (Å²) >= 11 is 0. The minimum atomic E-state index is -3.63. The summed E-state index contributed by atoms with van der Waals surface area (Å²) in [7, 11) is -3.63. The third kappa shape index (κ3) is 6.95. The van der Waals surface area contributed by atoms with Crippen LogP contribution in [-0.2, 0) is 24.3 Å². The number of carbonyl (C=O) groups is 2. The van der Waals surface area contributed by atoms with E-state index in [1.54, 1.807) is 32.9 Å². The zero-order valence-electron chi connectivity index (χ0n) is 16.7. The molecule has 0 saturated carbocycles. The first kappa shape index (κ1) is 23.1. The molecule has 152 valence electrons. The molecule has 0 bridgehead atoms. The fraction of sp³-hybridized carbons (Fsp3) is 0.579.